The third kappa shape index (κ3) is 5.15. The van der Waals surface area contributed by atoms with Crippen molar-refractivity contribution in [3.63, 3.8) is 0 Å². The fourth-order valence-corrected chi connectivity index (χ4v) is 2.12. The van der Waals surface area contributed by atoms with Gasteiger partial charge in [-0.2, -0.15) is 0 Å². The van der Waals surface area contributed by atoms with Crippen LogP contribution in [0.25, 0.3) is 10.1 Å². The Kier molecular flexibility index (Phi) is 6.82. The summed E-state index contributed by atoms with van der Waals surface area (Å²) in [7, 11) is 0. The van der Waals surface area contributed by atoms with Crippen molar-refractivity contribution in [1.82, 2.24) is 0 Å². The minimum atomic E-state index is 1.10. The summed E-state index contributed by atoms with van der Waals surface area (Å²) in [5.74, 6) is 0. The molecule has 0 fully saturated rings. The van der Waals surface area contributed by atoms with Gasteiger partial charge in [-0.3, -0.25) is 0 Å². The Bertz CT molecular complexity index is 499. The van der Waals surface area contributed by atoms with Gasteiger partial charge in [0, 0.05) is 4.70 Å². The fraction of sp³-hybridized carbons (Fsp3) is 0.176. The van der Waals surface area contributed by atoms with Crippen molar-refractivity contribution in [2.75, 3.05) is 0 Å². The maximum atomic E-state index is 3.64. The van der Waals surface area contributed by atoms with Crippen LogP contribution < -0.4 is 0 Å². The predicted octanol–water partition coefficient (Wildman–Crippen LogP) is 5.99. The van der Waals surface area contributed by atoms with Gasteiger partial charge in [0.05, 0.1) is 0 Å². The van der Waals surface area contributed by atoms with Gasteiger partial charge >= 0.3 is 0 Å². The van der Waals surface area contributed by atoms with E-state index in [1.54, 1.807) is 11.3 Å². The highest BCUT2D eigenvalue weighted by atomic mass is 32.1. The average Bonchev–Trinajstić information content (AvgIpc) is 2.88. The number of allylic oxidation sites excluding steroid dienone is 5. The monoisotopic (exact) mass is 256 g/mol. The molecule has 0 amide bonds. The van der Waals surface area contributed by atoms with E-state index < -0.39 is 0 Å². The van der Waals surface area contributed by atoms with Crippen LogP contribution in [-0.4, -0.2) is 0 Å². The van der Waals surface area contributed by atoms with E-state index in [9.17, 15) is 0 Å². The lowest BCUT2D eigenvalue weighted by atomic mass is 10.2. The molecule has 0 unspecified atom stereocenters. The molecule has 0 aliphatic heterocycles. The molecule has 0 N–H and O–H groups in total. The Hall–Kier alpha value is -1.60. The van der Waals surface area contributed by atoms with Crippen molar-refractivity contribution in [3.05, 3.63) is 72.2 Å². The molecule has 1 heterocycles. The molecule has 0 spiro atoms. The average molecular weight is 256 g/mol. The van der Waals surface area contributed by atoms with Crippen molar-refractivity contribution < 1.29 is 0 Å². The predicted molar refractivity (Wildman–Crippen MR) is 85.2 cm³/mol. The van der Waals surface area contributed by atoms with Gasteiger partial charge in [0.1, 0.15) is 0 Å². The van der Waals surface area contributed by atoms with Gasteiger partial charge in [-0.25, -0.2) is 0 Å². The summed E-state index contributed by atoms with van der Waals surface area (Å²) in [6, 6.07) is 10.5. The van der Waals surface area contributed by atoms with Crippen LogP contribution in [-0.2, 0) is 0 Å². The number of rotatable bonds is 3. The molecule has 0 aliphatic carbocycles. The van der Waals surface area contributed by atoms with Crippen LogP contribution >= 0.6 is 11.3 Å². The minimum Gasteiger partial charge on any atom is -0.144 e. The molecule has 0 bridgehead atoms. The summed E-state index contributed by atoms with van der Waals surface area (Å²) < 4.78 is 1.37. The van der Waals surface area contributed by atoms with Crippen molar-refractivity contribution in [2.45, 2.75) is 20.3 Å². The molecule has 0 aliphatic rings. The maximum Gasteiger partial charge on any atom is 0.0342 e. The van der Waals surface area contributed by atoms with Crippen LogP contribution in [0.15, 0.2) is 72.2 Å². The Morgan fingerprint density at radius 2 is 2.06 bits per heavy atom. The lowest BCUT2D eigenvalue weighted by Crippen LogP contribution is -1.61. The summed E-state index contributed by atoms with van der Waals surface area (Å²) >= 11 is 1.79. The first kappa shape index (κ1) is 14.5. The smallest absolute Gasteiger partial charge is 0.0342 e. The summed E-state index contributed by atoms with van der Waals surface area (Å²) in [6.07, 6.45) is 9.17. The first-order valence-electron chi connectivity index (χ1n) is 6.16. The molecule has 0 radical (unpaired) electrons. The molecule has 94 valence electrons. The zero-order valence-electron chi connectivity index (χ0n) is 11.1. The molecule has 18 heavy (non-hydrogen) atoms. The van der Waals surface area contributed by atoms with E-state index in [4.69, 9.17) is 0 Å². The lowest BCUT2D eigenvalue weighted by molar-refractivity contribution is 1.22. The summed E-state index contributed by atoms with van der Waals surface area (Å²) in [5, 5.41) is 3.47. The van der Waals surface area contributed by atoms with E-state index in [1.807, 2.05) is 13.0 Å². The molecule has 2 rings (SSSR count). The lowest BCUT2D eigenvalue weighted by Gasteiger charge is -1.82. The van der Waals surface area contributed by atoms with Crippen molar-refractivity contribution in [3.8, 4) is 0 Å². The Balaban J connectivity index is 0.000000180. The zero-order valence-corrected chi connectivity index (χ0v) is 11.9. The van der Waals surface area contributed by atoms with Crippen LogP contribution in [0.1, 0.15) is 20.3 Å². The molecular formula is C17H20S. The number of benzene rings is 1. The third-order valence-electron chi connectivity index (χ3n) is 2.41. The second kappa shape index (κ2) is 8.48. The van der Waals surface area contributed by atoms with Gasteiger partial charge in [-0.15, -0.1) is 11.3 Å². The van der Waals surface area contributed by atoms with Crippen LogP contribution in [0.4, 0.5) is 0 Å². The minimum absolute atomic E-state index is 1.10. The molecule has 0 nitrogen and oxygen atoms in total. The topological polar surface area (TPSA) is 0 Å². The second-order valence-corrected chi connectivity index (χ2v) is 4.86. The normalized spacial score (nSPS) is 11.3. The second-order valence-electron chi connectivity index (χ2n) is 3.91. The molecule has 1 aromatic carbocycles. The van der Waals surface area contributed by atoms with Gasteiger partial charge in [-0.05, 0) is 36.2 Å². The highest BCUT2D eigenvalue weighted by molar-refractivity contribution is 7.17. The maximum absolute atomic E-state index is 3.64. The van der Waals surface area contributed by atoms with Crippen molar-refractivity contribution >= 4 is 21.4 Å². The Morgan fingerprint density at radius 3 is 2.72 bits per heavy atom. The molecule has 0 atom stereocenters. The molecule has 0 saturated carbocycles. The van der Waals surface area contributed by atoms with Gasteiger partial charge < -0.3 is 0 Å². The summed E-state index contributed by atoms with van der Waals surface area (Å²) in [5.41, 5.74) is 1.21. The summed E-state index contributed by atoms with van der Waals surface area (Å²) in [6.45, 7) is 7.79. The first-order valence-corrected chi connectivity index (χ1v) is 7.04. The van der Waals surface area contributed by atoms with Gasteiger partial charge in [-0.1, -0.05) is 61.6 Å². The van der Waals surface area contributed by atoms with Gasteiger partial charge in [0.15, 0.2) is 0 Å². The molecule has 0 saturated heterocycles. The summed E-state index contributed by atoms with van der Waals surface area (Å²) in [4.78, 5) is 0. The number of hydrogen-bond acceptors (Lipinski definition) is 1. The standard InChI is InChI=1S/C9H14.C8H6S/c1-4-6-7-8-9(3)5-2;1-2-4-8-7(3-1)5-6-9-8/h5-8H,2,4H2,1,3H3;1-6H/b7-6-,9-8-;. The van der Waals surface area contributed by atoms with Crippen molar-refractivity contribution in [2.24, 2.45) is 0 Å². The zero-order chi connectivity index (χ0) is 13.2. The molecular weight excluding hydrogens is 236 g/mol. The van der Waals surface area contributed by atoms with Gasteiger partial charge in [0.2, 0.25) is 0 Å². The van der Waals surface area contributed by atoms with Gasteiger partial charge in [0.25, 0.3) is 0 Å². The Labute approximate surface area is 114 Å². The quantitative estimate of drug-likeness (QED) is 0.592. The largest absolute Gasteiger partial charge is 0.144 e. The molecule has 2 aromatic rings. The van der Waals surface area contributed by atoms with Crippen LogP contribution in [0, 0.1) is 0 Å². The van der Waals surface area contributed by atoms with E-state index in [-0.39, 0.29) is 0 Å². The third-order valence-corrected chi connectivity index (χ3v) is 3.31. The van der Waals surface area contributed by atoms with E-state index in [0.717, 1.165) is 6.42 Å². The van der Waals surface area contributed by atoms with Crippen LogP contribution in [0.2, 0.25) is 0 Å². The number of fused-ring (bicyclic) bond motifs is 1. The van der Waals surface area contributed by atoms with E-state index >= 15 is 0 Å². The van der Waals surface area contributed by atoms with E-state index in [2.05, 4.69) is 67.4 Å². The fourth-order valence-electron chi connectivity index (χ4n) is 1.33. The van der Waals surface area contributed by atoms with E-state index in [1.165, 1.54) is 15.7 Å². The molecule has 1 aromatic heterocycles. The SMILES string of the molecule is C=C/C(C)=C\C=C/CC.c1ccc2sccc2c1. The highest BCUT2D eigenvalue weighted by Crippen LogP contribution is 2.18. The highest BCUT2D eigenvalue weighted by Gasteiger charge is 1.87. The number of thiophene rings is 1. The van der Waals surface area contributed by atoms with Crippen molar-refractivity contribution in [1.29, 1.82) is 0 Å². The molecule has 1 heteroatoms. The van der Waals surface area contributed by atoms with Crippen LogP contribution in [0.5, 0.6) is 0 Å². The first-order chi connectivity index (χ1) is 8.77. The van der Waals surface area contributed by atoms with Crippen LogP contribution in [0.3, 0.4) is 0 Å². The Morgan fingerprint density at radius 1 is 1.28 bits per heavy atom. The number of hydrogen-bond donors (Lipinski definition) is 0. The van der Waals surface area contributed by atoms with E-state index in [0.29, 0.717) is 0 Å².